The van der Waals surface area contributed by atoms with E-state index < -0.39 is 0 Å². The maximum atomic E-state index is 12.1. The highest BCUT2D eigenvalue weighted by Crippen LogP contribution is 2.38. The lowest BCUT2D eigenvalue weighted by Crippen LogP contribution is -2.23. The molecule has 0 spiro atoms. The lowest BCUT2D eigenvalue weighted by Gasteiger charge is -2.14. The van der Waals surface area contributed by atoms with Crippen LogP contribution in [0.3, 0.4) is 0 Å². The number of phenols is 1. The third-order valence-corrected chi connectivity index (χ3v) is 3.83. The molecule has 0 atom stereocenters. The maximum absolute atomic E-state index is 12.1. The summed E-state index contributed by atoms with van der Waals surface area (Å²) in [5.74, 6) is 1.71. The molecular weight excluding hydrogens is 322 g/mol. The van der Waals surface area contributed by atoms with E-state index in [1.165, 1.54) is 0 Å². The molecule has 0 saturated heterocycles. The van der Waals surface area contributed by atoms with Gasteiger partial charge < -0.3 is 24.6 Å². The van der Waals surface area contributed by atoms with Crippen LogP contribution in [0.4, 0.5) is 0 Å². The van der Waals surface area contributed by atoms with Crippen molar-refractivity contribution in [3.63, 3.8) is 0 Å². The van der Waals surface area contributed by atoms with Gasteiger partial charge in [0.15, 0.2) is 11.5 Å². The van der Waals surface area contributed by atoms with E-state index in [2.05, 4.69) is 5.32 Å². The molecule has 2 rings (SSSR count). The van der Waals surface area contributed by atoms with Crippen molar-refractivity contribution >= 4 is 5.91 Å². The molecule has 0 aliphatic rings. The second-order valence-electron chi connectivity index (χ2n) is 5.44. The van der Waals surface area contributed by atoms with Crippen LogP contribution in [0, 0.1) is 0 Å². The Kier molecular flexibility index (Phi) is 6.51. The van der Waals surface area contributed by atoms with Crippen molar-refractivity contribution in [2.45, 2.75) is 19.4 Å². The predicted octanol–water partition coefficient (Wildman–Crippen LogP) is 2.67. The topological polar surface area (TPSA) is 77.0 Å². The zero-order chi connectivity index (χ0) is 18.2. The van der Waals surface area contributed by atoms with E-state index in [1.54, 1.807) is 45.6 Å². The third kappa shape index (κ3) is 4.79. The molecule has 25 heavy (non-hydrogen) atoms. The van der Waals surface area contributed by atoms with Crippen LogP contribution in [0.5, 0.6) is 23.0 Å². The van der Waals surface area contributed by atoms with Crippen LogP contribution >= 0.6 is 0 Å². The van der Waals surface area contributed by atoms with Crippen LogP contribution in [-0.4, -0.2) is 32.3 Å². The molecule has 0 radical (unpaired) electrons. The van der Waals surface area contributed by atoms with Gasteiger partial charge in [-0.05, 0) is 35.7 Å². The van der Waals surface area contributed by atoms with Gasteiger partial charge in [-0.15, -0.1) is 0 Å². The second kappa shape index (κ2) is 8.82. The Morgan fingerprint density at radius 2 is 1.68 bits per heavy atom. The number of aryl methyl sites for hydroxylation is 1. The minimum Gasteiger partial charge on any atom is -0.508 e. The van der Waals surface area contributed by atoms with Crippen molar-refractivity contribution < 1.29 is 24.1 Å². The molecule has 1 amide bonds. The van der Waals surface area contributed by atoms with E-state index in [9.17, 15) is 9.90 Å². The molecule has 0 unspecified atom stereocenters. The standard InChI is InChI=1S/C19H23NO5/c1-23-16-10-13(11-17(24-2)19(16)25-3)12-20-18(22)9-8-14-6-4-5-7-15(14)21/h4-7,10-11,21H,8-9,12H2,1-3H3,(H,20,22). The van der Waals surface area contributed by atoms with Gasteiger partial charge in [0.25, 0.3) is 0 Å². The first-order chi connectivity index (χ1) is 12.1. The van der Waals surface area contributed by atoms with Gasteiger partial charge >= 0.3 is 0 Å². The van der Waals surface area contributed by atoms with Gasteiger partial charge in [-0.25, -0.2) is 0 Å². The Labute approximate surface area is 147 Å². The summed E-state index contributed by atoms with van der Waals surface area (Å²) in [6.07, 6.45) is 0.774. The van der Waals surface area contributed by atoms with Crippen molar-refractivity contribution in [2.24, 2.45) is 0 Å². The number of rotatable bonds is 8. The van der Waals surface area contributed by atoms with E-state index in [-0.39, 0.29) is 11.7 Å². The molecule has 0 fully saturated rings. The van der Waals surface area contributed by atoms with Crippen molar-refractivity contribution in [3.8, 4) is 23.0 Å². The molecular formula is C19H23NO5. The molecule has 0 aromatic heterocycles. The van der Waals surface area contributed by atoms with Gasteiger partial charge in [0.1, 0.15) is 5.75 Å². The fourth-order valence-electron chi connectivity index (χ4n) is 2.50. The summed E-state index contributed by atoms with van der Waals surface area (Å²) in [6.45, 7) is 0.344. The van der Waals surface area contributed by atoms with Crippen LogP contribution in [-0.2, 0) is 17.8 Å². The van der Waals surface area contributed by atoms with Crippen molar-refractivity contribution in [1.82, 2.24) is 5.32 Å². The molecule has 0 bridgehead atoms. The van der Waals surface area contributed by atoms with E-state index in [0.717, 1.165) is 11.1 Å². The average Bonchev–Trinajstić information content (AvgIpc) is 2.64. The minimum atomic E-state index is -0.1000. The Bertz CT molecular complexity index is 704. The number of benzene rings is 2. The number of phenolic OH excluding ortho intramolecular Hbond substituents is 1. The number of methoxy groups -OCH3 is 3. The summed E-state index contributed by atoms with van der Waals surface area (Å²) in [7, 11) is 4.64. The maximum Gasteiger partial charge on any atom is 0.220 e. The quantitative estimate of drug-likeness (QED) is 0.769. The molecule has 0 aliphatic heterocycles. The Morgan fingerprint density at radius 3 is 2.24 bits per heavy atom. The number of carbonyl (C=O) groups excluding carboxylic acids is 1. The van der Waals surface area contributed by atoms with Crippen LogP contribution in [0.15, 0.2) is 36.4 Å². The number of nitrogens with one attached hydrogen (secondary N) is 1. The number of aromatic hydroxyl groups is 1. The normalized spacial score (nSPS) is 10.2. The number of carbonyl (C=O) groups is 1. The fourth-order valence-corrected chi connectivity index (χ4v) is 2.50. The van der Waals surface area contributed by atoms with Gasteiger partial charge in [0.05, 0.1) is 21.3 Å². The smallest absolute Gasteiger partial charge is 0.220 e. The molecule has 0 aliphatic carbocycles. The van der Waals surface area contributed by atoms with E-state index in [0.29, 0.717) is 36.6 Å². The summed E-state index contributed by atoms with van der Waals surface area (Å²) >= 11 is 0. The van der Waals surface area contributed by atoms with Crippen molar-refractivity contribution in [2.75, 3.05) is 21.3 Å². The molecule has 2 aromatic rings. The molecule has 6 heteroatoms. The fraction of sp³-hybridized carbons (Fsp3) is 0.316. The number of ether oxygens (including phenoxy) is 3. The van der Waals surface area contributed by atoms with E-state index in [1.807, 2.05) is 12.1 Å². The molecule has 6 nitrogen and oxygen atoms in total. The molecule has 0 saturated carbocycles. The summed E-state index contributed by atoms with van der Waals surface area (Å²) in [5, 5.41) is 12.6. The van der Waals surface area contributed by atoms with Gasteiger partial charge in [0.2, 0.25) is 11.7 Å². The highest BCUT2D eigenvalue weighted by molar-refractivity contribution is 5.76. The largest absolute Gasteiger partial charge is 0.508 e. The summed E-state index contributed by atoms with van der Waals surface area (Å²) in [6, 6.07) is 10.6. The highest BCUT2D eigenvalue weighted by atomic mass is 16.5. The molecule has 2 N–H and O–H groups in total. The monoisotopic (exact) mass is 345 g/mol. The van der Waals surface area contributed by atoms with Crippen LogP contribution in [0.2, 0.25) is 0 Å². The highest BCUT2D eigenvalue weighted by Gasteiger charge is 2.13. The van der Waals surface area contributed by atoms with Crippen molar-refractivity contribution in [3.05, 3.63) is 47.5 Å². The van der Waals surface area contributed by atoms with Gasteiger partial charge in [-0.3, -0.25) is 4.79 Å². The summed E-state index contributed by atoms with van der Waals surface area (Å²) < 4.78 is 15.9. The third-order valence-electron chi connectivity index (χ3n) is 3.83. The average molecular weight is 345 g/mol. The van der Waals surface area contributed by atoms with Gasteiger partial charge in [0, 0.05) is 13.0 Å². The number of para-hydroxylation sites is 1. The number of hydrogen-bond donors (Lipinski definition) is 2. The molecule has 2 aromatic carbocycles. The zero-order valence-electron chi connectivity index (χ0n) is 14.7. The summed E-state index contributed by atoms with van der Waals surface area (Å²) in [5.41, 5.74) is 1.59. The van der Waals surface area contributed by atoms with Gasteiger partial charge in [-0.1, -0.05) is 18.2 Å². The SMILES string of the molecule is COc1cc(CNC(=O)CCc2ccccc2O)cc(OC)c1OC. The Morgan fingerprint density at radius 1 is 1.04 bits per heavy atom. The lowest BCUT2D eigenvalue weighted by molar-refractivity contribution is -0.121. The summed E-state index contributed by atoms with van der Waals surface area (Å²) in [4.78, 5) is 12.1. The van der Waals surface area contributed by atoms with E-state index >= 15 is 0 Å². The number of amides is 1. The number of hydrogen-bond acceptors (Lipinski definition) is 5. The first-order valence-corrected chi connectivity index (χ1v) is 7.91. The van der Waals surface area contributed by atoms with Crippen LogP contribution < -0.4 is 19.5 Å². The van der Waals surface area contributed by atoms with Gasteiger partial charge in [-0.2, -0.15) is 0 Å². The van der Waals surface area contributed by atoms with E-state index in [4.69, 9.17) is 14.2 Å². The molecule has 0 heterocycles. The van der Waals surface area contributed by atoms with Crippen molar-refractivity contribution in [1.29, 1.82) is 0 Å². The minimum absolute atomic E-state index is 0.1000. The zero-order valence-corrected chi connectivity index (χ0v) is 14.7. The lowest BCUT2D eigenvalue weighted by atomic mass is 10.1. The first-order valence-electron chi connectivity index (χ1n) is 7.91. The van der Waals surface area contributed by atoms with Crippen LogP contribution in [0.1, 0.15) is 17.5 Å². The Hall–Kier alpha value is -2.89. The predicted molar refractivity (Wildman–Crippen MR) is 94.4 cm³/mol. The second-order valence-corrected chi connectivity index (χ2v) is 5.44. The molecule has 134 valence electrons. The first kappa shape index (κ1) is 18.4. The Balaban J connectivity index is 1.96. The van der Waals surface area contributed by atoms with Crippen LogP contribution in [0.25, 0.3) is 0 Å².